The average molecular weight is 336 g/mol. The van der Waals surface area contributed by atoms with Gasteiger partial charge in [0.2, 0.25) is 0 Å². The van der Waals surface area contributed by atoms with Crippen molar-refractivity contribution in [1.82, 2.24) is 0 Å². The van der Waals surface area contributed by atoms with Gasteiger partial charge < -0.3 is 10.4 Å². The Morgan fingerprint density at radius 3 is 2.57 bits per heavy atom. The van der Waals surface area contributed by atoms with E-state index in [9.17, 15) is 5.11 Å². The molecule has 0 spiro atoms. The van der Waals surface area contributed by atoms with Crippen LogP contribution >= 0.6 is 34.3 Å². The molecule has 0 saturated carbocycles. The number of nitrogens with one attached hydrogen (secondary N) is 1. The van der Waals surface area contributed by atoms with Gasteiger partial charge in [0, 0.05) is 21.9 Å². The number of rotatable bonds is 5. The summed E-state index contributed by atoms with van der Waals surface area (Å²) in [6, 6.07) is 13.8. The molecular weight excluding hydrogens is 322 g/mol. The Labute approximate surface area is 136 Å². The molecule has 0 aliphatic rings. The van der Waals surface area contributed by atoms with Gasteiger partial charge in [-0.15, -0.1) is 22.7 Å². The van der Waals surface area contributed by atoms with Crippen molar-refractivity contribution < 1.29 is 5.11 Å². The summed E-state index contributed by atoms with van der Waals surface area (Å²) in [6.07, 6.45) is 0.927. The van der Waals surface area contributed by atoms with Gasteiger partial charge in [0.25, 0.3) is 0 Å². The van der Waals surface area contributed by atoms with E-state index in [1.807, 2.05) is 6.07 Å². The molecule has 0 aliphatic heterocycles. The summed E-state index contributed by atoms with van der Waals surface area (Å²) in [4.78, 5) is 2.62. The van der Waals surface area contributed by atoms with E-state index in [1.165, 1.54) is 9.75 Å². The molecule has 0 aliphatic carbocycles. The molecule has 1 atom stereocenters. The molecule has 2 aromatic heterocycles. The van der Waals surface area contributed by atoms with E-state index >= 15 is 0 Å². The van der Waals surface area contributed by atoms with Crippen LogP contribution in [0.4, 0.5) is 5.69 Å². The van der Waals surface area contributed by atoms with E-state index in [4.69, 9.17) is 11.6 Å². The Kier molecular flexibility index (Phi) is 4.48. The SMILES string of the molecule is Oc1ccc(NC(Cc2cccs2)c2cccs2)cc1Cl. The molecule has 0 bridgehead atoms. The number of benzene rings is 1. The Morgan fingerprint density at radius 1 is 1.10 bits per heavy atom. The van der Waals surface area contributed by atoms with Gasteiger partial charge in [-0.1, -0.05) is 23.7 Å². The Morgan fingerprint density at radius 2 is 1.90 bits per heavy atom. The first-order valence-corrected chi connectivity index (χ1v) is 8.67. The molecule has 5 heteroatoms. The van der Waals surface area contributed by atoms with Gasteiger partial charge in [0.15, 0.2) is 0 Å². The van der Waals surface area contributed by atoms with Gasteiger partial charge in [0.1, 0.15) is 5.75 Å². The van der Waals surface area contributed by atoms with Gasteiger partial charge in [-0.25, -0.2) is 0 Å². The van der Waals surface area contributed by atoms with Gasteiger partial charge in [-0.3, -0.25) is 0 Å². The van der Waals surface area contributed by atoms with Gasteiger partial charge >= 0.3 is 0 Å². The topological polar surface area (TPSA) is 32.3 Å². The van der Waals surface area contributed by atoms with Crippen molar-refractivity contribution in [2.75, 3.05) is 5.32 Å². The third-order valence-corrected chi connectivity index (χ3v) is 5.35. The second-order valence-electron chi connectivity index (χ2n) is 4.66. The largest absolute Gasteiger partial charge is 0.506 e. The van der Waals surface area contributed by atoms with Crippen molar-refractivity contribution in [2.45, 2.75) is 12.5 Å². The summed E-state index contributed by atoms with van der Waals surface area (Å²) in [5.74, 6) is 0.105. The fraction of sp³-hybridized carbons (Fsp3) is 0.125. The highest BCUT2D eigenvalue weighted by Crippen LogP contribution is 2.31. The zero-order valence-corrected chi connectivity index (χ0v) is 13.5. The molecule has 0 amide bonds. The van der Waals surface area contributed by atoms with Crippen LogP contribution in [0.3, 0.4) is 0 Å². The minimum absolute atomic E-state index is 0.105. The van der Waals surface area contributed by atoms with Crippen molar-refractivity contribution in [2.24, 2.45) is 0 Å². The van der Waals surface area contributed by atoms with Crippen LogP contribution in [-0.4, -0.2) is 5.11 Å². The number of hydrogen-bond donors (Lipinski definition) is 2. The van der Waals surface area contributed by atoms with Gasteiger partial charge in [-0.2, -0.15) is 0 Å². The fourth-order valence-corrected chi connectivity index (χ4v) is 3.85. The van der Waals surface area contributed by atoms with E-state index in [-0.39, 0.29) is 11.8 Å². The zero-order valence-electron chi connectivity index (χ0n) is 11.1. The minimum atomic E-state index is 0.105. The first kappa shape index (κ1) is 14.4. The van der Waals surface area contributed by atoms with Gasteiger partial charge in [0.05, 0.1) is 11.1 Å². The maximum absolute atomic E-state index is 9.51. The van der Waals surface area contributed by atoms with E-state index in [2.05, 4.69) is 40.3 Å². The van der Waals surface area contributed by atoms with Crippen LogP contribution in [0.25, 0.3) is 0 Å². The van der Waals surface area contributed by atoms with Crippen LogP contribution in [0.15, 0.2) is 53.2 Å². The summed E-state index contributed by atoms with van der Waals surface area (Å²) in [5, 5.41) is 17.6. The molecule has 3 rings (SSSR count). The molecule has 108 valence electrons. The Balaban J connectivity index is 1.83. The maximum Gasteiger partial charge on any atom is 0.134 e. The molecule has 0 saturated heterocycles. The highest BCUT2D eigenvalue weighted by atomic mass is 35.5. The summed E-state index contributed by atoms with van der Waals surface area (Å²) in [5.41, 5.74) is 0.910. The second kappa shape index (κ2) is 6.52. The van der Waals surface area contributed by atoms with E-state index < -0.39 is 0 Å². The molecule has 0 radical (unpaired) electrons. The number of hydrogen-bond acceptors (Lipinski definition) is 4. The molecule has 3 aromatic rings. The molecular formula is C16H14ClNOS2. The van der Waals surface area contributed by atoms with Crippen LogP contribution in [-0.2, 0) is 6.42 Å². The number of phenolic OH excluding ortho intramolecular Hbond substituents is 1. The first-order chi connectivity index (χ1) is 10.2. The molecule has 1 aromatic carbocycles. The van der Waals surface area contributed by atoms with Crippen molar-refractivity contribution >= 4 is 40.0 Å². The Bertz CT molecular complexity index is 695. The third kappa shape index (κ3) is 3.59. The van der Waals surface area contributed by atoms with Crippen LogP contribution in [0.5, 0.6) is 5.75 Å². The predicted octanol–water partition coefficient (Wildman–Crippen LogP) is 5.56. The normalized spacial score (nSPS) is 12.2. The monoisotopic (exact) mass is 335 g/mol. The lowest BCUT2D eigenvalue weighted by atomic mass is 10.1. The van der Waals surface area contributed by atoms with Crippen molar-refractivity contribution in [3.05, 3.63) is 68.0 Å². The standard InChI is InChI=1S/C16H14ClNOS2/c17-13-9-11(5-6-15(13)19)18-14(16-4-2-8-21-16)10-12-3-1-7-20-12/h1-9,14,18-19H,10H2. The molecule has 2 N–H and O–H groups in total. The van der Waals surface area contributed by atoms with Crippen LogP contribution in [0, 0.1) is 0 Å². The van der Waals surface area contributed by atoms with Gasteiger partial charge in [-0.05, 0) is 41.1 Å². The molecule has 21 heavy (non-hydrogen) atoms. The Hall–Kier alpha value is -1.49. The summed E-state index contributed by atoms with van der Waals surface area (Å²) >= 11 is 9.48. The average Bonchev–Trinajstić information content (AvgIpc) is 3.15. The van der Waals surface area contributed by atoms with Crippen LogP contribution in [0.2, 0.25) is 5.02 Å². The predicted molar refractivity (Wildman–Crippen MR) is 91.8 cm³/mol. The maximum atomic E-state index is 9.51. The third-order valence-electron chi connectivity index (χ3n) is 3.16. The molecule has 2 heterocycles. The molecule has 0 fully saturated rings. The number of phenols is 1. The molecule has 2 nitrogen and oxygen atoms in total. The van der Waals surface area contributed by atoms with Crippen LogP contribution < -0.4 is 5.32 Å². The number of thiophene rings is 2. The summed E-state index contributed by atoms with van der Waals surface area (Å²) < 4.78 is 0. The highest BCUT2D eigenvalue weighted by Gasteiger charge is 2.14. The highest BCUT2D eigenvalue weighted by molar-refractivity contribution is 7.10. The number of aromatic hydroxyl groups is 1. The lowest BCUT2D eigenvalue weighted by molar-refractivity contribution is 0.475. The van der Waals surface area contributed by atoms with E-state index in [1.54, 1.807) is 34.8 Å². The van der Waals surface area contributed by atoms with Crippen molar-refractivity contribution in [3.63, 3.8) is 0 Å². The summed E-state index contributed by atoms with van der Waals surface area (Å²) in [7, 11) is 0. The van der Waals surface area contributed by atoms with E-state index in [0.29, 0.717) is 5.02 Å². The quantitative estimate of drug-likeness (QED) is 0.598. The lowest BCUT2D eigenvalue weighted by Crippen LogP contribution is -2.11. The summed E-state index contributed by atoms with van der Waals surface area (Å²) in [6.45, 7) is 0. The zero-order chi connectivity index (χ0) is 14.7. The second-order valence-corrected chi connectivity index (χ2v) is 7.08. The van der Waals surface area contributed by atoms with Crippen molar-refractivity contribution in [3.8, 4) is 5.75 Å². The van der Waals surface area contributed by atoms with Crippen LogP contribution in [0.1, 0.15) is 15.8 Å². The number of halogens is 1. The minimum Gasteiger partial charge on any atom is -0.506 e. The number of anilines is 1. The first-order valence-electron chi connectivity index (χ1n) is 6.53. The lowest BCUT2D eigenvalue weighted by Gasteiger charge is -2.18. The van der Waals surface area contributed by atoms with Crippen molar-refractivity contribution in [1.29, 1.82) is 0 Å². The van der Waals surface area contributed by atoms with E-state index in [0.717, 1.165) is 12.1 Å². The fourth-order valence-electron chi connectivity index (χ4n) is 2.14. The molecule has 1 unspecified atom stereocenters. The smallest absolute Gasteiger partial charge is 0.134 e.